The van der Waals surface area contributed by atoms with Crippen LogP contribution < -0.4 is 4.90 Å². The first-order chi connectivity index (χ1) is 13.4. The van der Waals surface area contributed by atoms with Crippen LogP contribution in [-0.4, -0.2) is 16.8 Å². The molecule has 28 heavy (non-hydrogen) atoms. The predicted octanol–water partition coefficient (Wildman–Crippen LogP) is 4.83. The molecule has 1 amide bonds. The summed E-state index contributed by atoms with van der Waals surface area (Å²) >= 11 is 4.72. The number of carbonyl (C=O) groups is 2. The molecule has 3 aromatic rings. The molecule has 0 fully saturated rings. The number of amides is 1. The molecule has 0 unspecified atom stereocenters. The second-order valence-corrected chi connectivity index (χ2v) is 8.84. The van der Waals surface area contributed by atoms with Crippen LogP contribution in [0.5, 0.6) is 0 Å². The molecule has 1 aromatic heterocycles. The standard InChI is InChI=1S/C22H18BrNO3S/c1-14-4-6-15(7-5-14)13-24-18-9-8-16(23)11-17(18)22(27,21(24)26)12-19(25)20-3-2-10-28-20/h2-11,27H,12-13H2,1H3/t22-/m1/s1. The van der Waals surface area contributed by atoms with Crippen molar-refractivity contribution in [3.8, 4) is 0 Å². The van der Waals surface area contributed by atoms with E-state index in [-0.39, 0.29) is 12.2 Å². The van der Waals surface area contributed by atoms with Gasteiger partial charge in [0, 0.05) is 10.0 Å². The van der Waals surface area contributed by atoms with E-state index in [0.717, 1.165) is 15.6 Å². The highest BCUT2D eigenvalue weighted by atomic mass is 79.9. The summed E-state index contributed by atoms with van der Waals surface area (Å²) in [6, 6.07) is 16.8. The molecule has 0 saturated carbocycles. The van der Waals surface area contributed by atoms with Gasteiger partial charge in [-0.05, 0) is 42.1 Å². The molecule has 0 spiro atoms. The van der Waals surface area contributed by atoms with Crippen molar-refractivity contribution in [3.63, 3.8) is 0 Å². The molecule has 4 rings (SSSR count). The van der Waals surface area contributed by atoms with Crippen LogP contribution in [0.15, 0.2) is 64.5 Å². The molecular weight excluding hydrogens is 438 g/mol. The number of Topliss-reactive ketones (excluding diaryl/α,β-unsaturated/α-hetero) is 1. The average molecular weight is 456 g/mol. The Hall–Kier alpha value is -2.28. The minimum absolute atomic E-state index is 0.242. The van der Waals surface area contributed by atoms with Gasteiger partial charge < -0.3 is 10.0 Å². The minimum Gasteiger partial charge on any atom is -0.375 e. The largest absolute Gasteiger partial charge is 0.375 e. The Morgan fingerprint density at radius 2 is 1.93 bits per heavy atom. The SMILES string of the molecule is Cc1ccc(CN2C(=O)[C@@](O)(CC(=O)c3cccs3)c3cc(Br)ccc32)cc1. The second kappa shape index (κ2) is 7.28. The number of anilines is 1. The number of fused-ring (bicyclic) bond motifs is 1. The summed E-state index contributed by atoms with van der Waals surface area (Å²) in [5.41, 5.74) is 1.32. The number of halogens is 1. The van der Waals surface area contributed by atoms with Gasteiger partial charge in [0.1, 0.15) is 0 Å². The molecule has 1 atom stereocenters. The van der Waals surface area contributed by atoms with Crippen LogP contribution >= 0.6 is 27.3 Å². The van der Waals surface area contributed by atoms with E-state index in [1.807, 2.05) is 42.6 Å². The van der Waals surface area contributed by atoms with E-state index in [0.29, 0.717) is 22.7 Å². The molecule has 4 nitrogen and oxygen atoms in total. The number of aliphatic hydroxyl groups is 1. The van der Waals surface area contributed by atoms with Crippen molar-refractivity contribution < 1.29 is 14.7 Å². The molecule has 0 saturated heterocycles. The number of rotatable bonds is 5. The maximum Gasteiger partial charge on any atom is 0.264 e. The summed E-state index contributed by atoms with van der Waals surface area (Å²) in [5.74, 6) is -0.708. The molecule has 1 aliphatic heterocycles. The Morgan fingerprint density at radius 3 is 2.61 bits per heavy atom. The van der Waals surface area contributed by atoms with E-state index in [1.54, 1.807) is 29.2 Å². The van der Waals surface area contributed by atoms with Gasteiger partial charge >= 0.3 is 0 Å². The summed E-state index contributed by atoms with van der Waals surface area (Å²) in [4.78, 5) is 28.1. The van der Waals surface area contributed by atoms with Gasteiger partial charge in [-0.1, -0.05) is 51.8 Å². The van der Waals surface area contributed by atoms with Gasteiger partial charge in [-0.25, -0.2) is 0 Å². The van der Waals surface area contributed by atoms with E-state index < -0.39 is 11.5 Å². The van der Waals surface area contributed by atoms with Crippen molar-refractivity contribution in [2.24, 2.45) is 0 Å². The first-order valence-electron chi connectivity index (χ1n) is 8.85. The molecule has 0 bridgehead atoms. The number of benzene rings is 2. The van der Waals surface area contributed by atoms with Crippen molar-refractivity contribution in [3.05, 3.63) is 86.0 Å². The lowest BCUT2D eigenvalue weighted by molar-refractivity contribution is -0.136. The molecule has 2 heterocycles. The molecule has 6 heteroatoms. The van der Waals surface area contributed by atoms with E-state index in [4.69, 9.17) is 0 Å². The highest BCUT2D eigenvalue weighted by Gasteiger charge is 2.51. The number of ketones is 1. The fourth-order valence-corrected chi connectivity index (χ4v) is 4.51. The first kappa shape index (κ1) is 19.1. The molecule has 1 aliphatic rings. The monoisotopic (exact) mass is 455 g/mol. The van der Waals surface area contributed by atoms with Crippen LogP contribution in [0.3, 0.4) is 0 Å². The van der Waals surface area contributed by atoms with Crippen LogP contribution in [0, 0.1) is 6.92 Å². The number of hydrogen-bond donors (Lipinski definition) is 1. The number of hydrogen-bond acceptors (Lipinski definition) is 4. The number of aryl methyl sites for hydroxylation is 1. The summed E-state index contributed by atoms with van der Waals surface area (Å²) in [6.07, 6.45) is -0.278. The first-order valence-corrected chi connectivity index (χ1v) is 10.5. The Kier molecular flexibility index (Phi) is 4.95. The van der Waals surface area contributed by atoms with E-state index >= 15 is 0 Å². The van der Waals surface area contributed by atoms with Crippen LogP contribution in [0.25, 0.3) is 0 Å². The highest BCUT2D eigenvalue weighted by Crippen LogP contribution is 2.45. The van der Waals surface area contributed by atoms with Crippen LogP contribution in [0.4, 0.5) is 5.69 Å². The smallest absolute Gasteiger partial charge is 0.264 e. The lowest BCUT2D eigenvalue weighted by atomic mass is 9.89. The molecule has 142 valence electrons. The summed E-state index contributed by atoms with van der Waals surface area (Å²) in [6.45, 7) is 2.34. The normalized spacial score (nSPS) is 18.4. The maximum absolute atomic E-state index is 13.3. The van der Waals surface area contributed by atoms with Crippen molar-refractivity contribution in [1.29, 1.82) is 0 Å². The molecule has 0 radical (unpaired) electrons. The van der Waals surface area contributed by atoms with E-state index in [1.165, 1.54) is 11.3 Å². The molecular formula is C22H18BrNO3S. The van der Waals surface area contributed by atoms with Crippen molar-refractivity contribution in [2.75, 3.05) is 4.90 Å². The highest BCUT2D eigenvalue weighted by molar-refractivity contribution is 9.10. The Bertz CT molecular complexity index is 1050. The number of carbonyl (C=O) groups excluding carboxylic acids is 2. The van der Waals surface area contributed by atoms with Crippen molar-refractivity contribution in [2.45, 2.75) is 25.5 Å². The van der Waals surface area contributed by atoms with Gasteiger partial charge in [0.2, 0.25) is 0 Å². The van der Waals surface area contributed by atoms with Crippen LogP contribution in [0.2, 0.25) is 0 Å². The second-order valence-electron chi connectivity index (χ2n) is 6.98. The van der Waals surface area contributed by atoms with E-state index in [2.05, 4.69) is 15.9 Å². The summed E-state index contributed by atoms with van der Waals surface area (Å²) in [5, 5.41) is 13.2. The predicted molar refractivity (Wildman–Crippen MR) is 114 cm³/mol. The van der Waals surface area contributed by atoms with Gasteiger partial charge in [-0.3, -0.25) is 9.59 Å². The molecule has 1 N–H and O–H groups in total. The van der Waals surface area contributed by atoms with Crippen LogP contribution in [-0.2, 0) is 16.9 Å². The number of thiophene rings is 1. The lowest BCUT2D eigenvalue weighted by Gasteiger charge is -2.22. The van der Waals surface area contributed by atoms with Crippen molar-refractivity contribution in [1.82, 2.24) is 0 Å². The van der Waals surface area contributed by atoms with Gasteiger partial charge in [0.15, 0.2) is 11.4 Å². The zero-order chi connectivity index (χ0) is 19.9. The van der Waals surface area contributed by atoms with Crippen LogP contribution in [0.1, 0.15) is 32.8 Å². The van der Waals surface area contributed by atoms with Gasteiger partial charge in [-0.15, -0.1) is 11.3 Å². The third-order valence-corrected chi connectivity index (χ3v) is 6.37. The molecule has 0 aliphatic carbocycles. The topological polar surface area (TPSA) is 57.6 Å². The number of nitrogens with zero attached hydrogens (tertiary/aromatic N) is 1. The Labute approximate surface area is 175 Å². The average Bonchev–Trinajstić information content (AvgIpc) is 3.27. The van der Waals surface area contributed by atoms with Gasteiger partial charge in [0.25, 0.3) is 5.91 Å². The summed E-state index contributed by atoms with van der Waals surface area (Å²) in [7, 11) is 0. The Balaban J connectivity index is 1.72. The molecule has 2 aromatic carbocycles. The minimum atomic E-state index is -1.87. The zero-order valence-electron chi connectivity index (χ0n) is 15.2. The third-order valence-electron chi connectivity index (χ3n) is 4.97. The van der Waals surface area contributed by atoms with Crippen molar-refractivity contribution >= 4 is 44.6 Å². The fraction of sp³-hybridized carbons (Fsp3) is 0.182. The zero-order valence-corrected chi connectivity index (χ0v) is 17.6. The lowest BCUT2D eigenvalue weighted by Crippen LogP contribution is -2.41. The third kappa shape index (κ3) is 3.32. The maximum atomic E-state index is 13.3. The van der Waals surface area contributed by atoms with Gasteiger partial charge in [-0.2, -0.15) is 0 Å². The Morgan fingerprint density at radius 1 is 1.18 bits per heavy atom. The fourth-order valence-electron chi connectivity index (χ4n) is 3.48. The van der Waals surface area contributed by atoms with E-state index in [9.17, 15) is 14.7 Å². The van der Waals surface area contributed by atoms with Gasteiger partial charge in [0.05, 0.1) is 23.5 Å². The quantitative estimate of drug-likeness (QED) is 0.560. The summed E-state index contributed by atoms with van der Waals surface area (Å²) < 4.78 is 0.748.